The van der Waals surface area contributed by atoms with Crippen LogP contribution in [0.15, 0.2) is 46.9 Å². The molecule has 0 aliphatic rings. The first-order chi connectivity index (χ1) is 9.15. The lowest BCUT2D eigenvalue weighted by Crippen LogP contribution is -2.00. The number of H-pyrrole nitrogens is 1. The van der Waals surface area contributed by atoms with Crippen molar-refractivity contribution in [1.82, 2.24) is 9.55 Å². The third kappa shape index (κ3) is 2.48. The number of fused-ring (bicyclic) bond motifs is 1. The number of benzene rings is 2. The van der Waals surface area contributed by atoms with Crippen LogP contribution < -0.4 is 0 Å². The minimum atomic E-state index is 0.667. The third-order valence-electron chi connectivity index (χ3n) is 3.02. The molecular weight excluding hydrogens is 344 g/mol. The minimum Gasteiger partial charge on any atom is -0.331 e. The highest BCUT2D eigenvalue weighted by Gasteiger charge is 2.07. The van der Waals surface area contributed by atoms with Gasteiger partial charge < -0.3 is 9.55 Å². The van der Waals surface area contributed by atoms with E-state index >= 15 is 0 Å². The van der Waals surface area contributed by atoms with E-state index in [-0.39, 0.29) is 0 Å². The van der Waals surface area contributed by atoms with E-state index in [1.54, 1.807) is 0 Å². The van der Waals surface area contributed by atoms with E-state index in [9.17, 15) is 0 Å². The average molecular weight is 354 g/mol. The lowest BCUT2D eigenvalue weighted by molar-refractivity contribution is 0.811. The number of imidazole rings is 1. The van der Waals surface area contributed by atoms with Crippen molar-refractivity contribution in [3.63, 3.8) is 0 Å². The van der Waals surface area contributed by atoms with E-state index in [1.807, 2.05) is 42.5 Å². The van der Waals surface area contributed by atoms with Gasteiger partial charge in [0.25, 0.3) is 0 Å². The van der Waals surface area contributed by atoms with E-state index in [2.05, 4.69) is 25.5 Å². The van der Waals surface area contributed by atoms with Gasteiger partial charge in [-0.2, -0.15) is 0 Å². The van der Waals surface area contributed by atoms with Gasteiger partial charge in [0.15, 0.2) is 4.77 Å². The van der Waals surface area contributed by atoms with Gasteiger partial charge in [-0.05, 0) is 42.0 Å². The molecule has 0 atom stereocenters. The molecule has 0 saturated heterocycles. The van der Waals surface area contributed by atoms with E-state index in [1.165, 1.54) is 0 Å². The highest BCUT2D eigenvalue weighted by atomic mass is 79.9. The molecule has 2 aromatic carbocycles. The summed E-state index contributed by atoms with van der Waals surface area (Å²) in [5.41, 5.74) is 3.16. The molecule has 19 heavy (non-hydrogen) atoms. The maximum Gasteiger partial charge on any atom is 0.178 e. The summed E-state index contributed by atoms with van der Waals surface area (Å²) in [6, 6.07) is 13.9. The number of aromatic nitrogens is 2. The smallest absolute Gasteiger partial charge is 0.178 e. The van der Waals surface area contributed by atoms with Crippen molar-refractivity contribution in [3.05, 3.63) is 62.3 Å². The summed E-state index contributed by atoms with van der Waals surface area (Å²) in [6.07, 6.45) is 0. The zero-order valence-electron chi connectivity index (χ0n) is 9.86. The molecule has 0 amide bonds. The van der Waals surface area contributed by atoms with Crippen LogP contribution in [0.25, 0.3) is 11.0 Å². The van der Waals surface area contributed by atoms with Crippen molar-refractivity contribution < 1.29 is 0 Å². The van der Waals surface area contributed by atoms with Crippen LogP contribution in [0.5, 0.6) is 0 Å². The van der Waals surface area contributed by atoms with Gasteiger partial charge in [-0.1, -0.05) is 45.7 Å². The zero-order chi connectivity index (χ0) is 13.4. The maximum absolute atomic E-state index is 6.20. The fourth-order valence-electron chi connectivity index (χ4n) is 2.09. The number of rotatable bonds is 2. The van der Waals surface area contributed by atoms with Crippen molar-refractivity contribution >= 4 is 50.8 Å². The van der Waals surface area contributed by atoms with Gasteiger partial charge in [-0.3, -0.25) is 0 Å². The molecule has 1 heterocycles. The van der Waals surface area contributed by atoms with Crippen LogP contribution >= 0.6 is 39.7 Å². The number of hydrogen-bond donors (Lipinski definition) is 1. The topological polar surface area (TPSA) is 20.7 Å². The first-order valence-electron chi connectivity index (χ1n) is 5.76. The van der Waals surface area contributed by atoms with Crippen LogP contribution in [0.4, 0.5) is 0 Å². The second-order valence-electron chi connectivity index (χ2n) is 4.27. The molecule has 0 aliphatic heterocycles. The van der Waals surface area contributed by atoms with Crippen molar-refractivity contribution in [2.24, 2.45) is 0 Å². The molecule has 5 heteroatoms. The summed E-state index contributed by atoms with van der Waals surface area (Å²) in [7, 11) is 0. The Bertz CT molecular complexity index is 807. The quantitative estimate of drug-likeness (QED) is 0.631. The van der Waals surface area contributed by atoms with Gasteiger partial charge in [0.05, 0.1) is 17.6 Å². The van der Waals surface area contributed by atoms with Crippen LogP contribution in [0.1, 0.15) is 5.56 Å². The molecule has 0 saturated carbocycles. The molecule has 0 radical (unpaired) electrons. The number of halogens is 2. The minimum absolute atomic E-state index is 0.667. The summed E-state index contributed by atoms with van der Waals surface area (Å²) in [4.78, 5) is 3.21. The fourth-order valence-corrected chi connectivity index (χ4v) is 2.92. The highest BCUT2D eigenvalue weighted by Crippen LogP contribution is 2.22. The van der Waals surface area contributed by atoms with E-state index in [0.717, 1.165) is 26.1 Å². The van der Waals surface area contributed by atoms with Gasteiger partial charge in [0.2, 0.25) is 0 Å². The lowest BCUT2D eigenvalue weighted by atomic mass is 10.2. The van der Waals surface area contributed by atoms with Crippen molar-refractivity contribution in [1.29, 1.82) is 0 Å². The van der Waals surface area contributed by atoms with Gasteiger partial charge in [-0.25, -0.2) is 0 Å². The maximum atomic E-state index is 6.20. The Morgan fingerprint density at radius 3 is 2.79 bits per heavy atom. The predicted molar refractivity (Wildman–Crippen MR) is 85.4 cm³/mol. The summed E-state index contributed by atoms with van der Waals surface area (Å²) in [5, 5.41) is 0.760. The van der Waals surface area contributed by atoms with Gasteiger partial charge in [0.1, 0.15) is 0 Å². The van der Waals surface area contributed by atoms with E-state index in [4.69, 9.17) is 23.8 Å². The zero-order valence-corrected chi connectivity index (χ0v) is 13.0. The second kappa shape index (κ2) is 5.12. The standard InChI is InChI=1S/C14H10BrClN2S/c15-10-5-6-13-12(7-10)17-14(19)18(13)8-9-3-1-2-4-11(9)16/h1-7H,8H2,(H,17,19). The first kappa shape index (κ1) is 12.9. The van der Waals surface area contributed by atoms with Crippen molar-refractivity contribution in [2.75, 3.05) is 0 Å². The molecule has 0 aliphatic carbocycles. The van der Waals surface area contributed by atoms with Crippen LogP contribution in [-0.4, -0.2) is 9.55 Å². The van der Waals surface area contributed by atoms with Crippen molar-refractivity contribution in [3.8, 4) is 0 Å². The Balaban J connectivity index is 2.13. The Kier molecular flexibility index (Phi) is 3.48. The average Bonchev–Trinajstić information content (AvgIpc) is 2.68. The first-order valence-corrected chi connectivity index (χ1v) is 7.34. The number of nitrogens with zero attached hydrogens (tertiary/aromatic N) is 1. The van der Waals surface area contributed by atoms with Gasteiger partial charge >= 0.3 is 0 Å². The van der Waals surface area contributed by atoms with Crippen LogP contribution in [0, 0.1) is 4.77 Å². The van der Waals surface area contributed by atoms with Gasteiger partial charge in [0, 0.05) is 9.50 Å². The second-order valence-corrected chi connectivity index (χ2v) is 5.98. The molecule has 1 aromatic heterocycles. The van der Waals surface area contributed by atoms with Crippen molar-refractivity contribution in [2.45, 2.75) is 6.54 Å². The number of nitrogens with one attached hydrogen (secondary N) is 1. The predicted octanol–water partition coefficient (Wildman–Crippen LogP) is 5.16. The van der Waals surface area contributed by atoms with E-state index < -0.39 is 0 Å². The summed E-state index contributed by atoms with van der Waals surface area (Å²) in [5.74, 6) is 0. The monoisotopic (exact) mass is 352 g/mol. The highest BCUT2D eigenvalue weighted by molar-refractivity contribution is 9.10. The van der Waals surface area contributed by atoms with Crippen LogP contribution in [0.2, 0.25) is 5.02 Å². The third-order valence-corrected chi connectivity index (χ3v) is 4.21. The largest absolute Gasteiger partial charge is 0.331 e. The molecule has 0 spiro atoms. The van der Waals surface area contributed by atoms with Crippen LogP contribution in [0.3, 0.4) is 0 Å². The Labute approximate surface area is 129 Å². The number of aromatic amines is 1. The summed E-state index contributed by atoms with van der Waals surface area (Å²) in [6.45, 7) is 0.667. The molecule has 0 unspecified atom stereocenters. The number of hydrogen-bond acceptors (Lipinski definition) is 1. The molecule has 3 rings (SSSR count). The normalized spacial score (nSPS) is 11.1. The molecule has 0 fully saturated rings. The Hall–Kier alpha value is -1.10. The molecule has 96 valence electrons. The Morgan fingerprint density at radius 2 is 2.00 bits per heavy atom. The molecule has 1 N–H and O–H groups in total. The molecule has 0 bridgehead atoms. The molecular formula is C14H10BrClN2S. The molecule has 3 aromatic rings. The van der Waals surface area contributed by atoms with E-state index in [0.29, 0.717) is 11.3 Å². The summed E-state index contributed by atoms with van der Waals surface area (Å²) < 4.78 is 3.78. The van der Waals surface area contributed by atoms with Gasteiger partial charge in [-0.15, -0.1) is 0 Å². The fraction of sp³-hybridized carbons (Fsp3) is 0.0714. The summed E-state index contributed by atoms with van der Waals surface area (Å²) >= 11 is 15.1. The Morgan fingerprint density at radius 1 is 1.21 bits per heavy atom. The lowest BCUT2D eigenvalue weighted by Gasteiger charge is -2.06. The molecule has 2 nitrogen and oxygen atoms in total. The van der Waals surface area contributed by atoms with Crippen LogP contribution in [-0.2, 0) is 6.54 Å². The SMILES string of the molecule is S=c1[nH]c2cc(Br)ccc2n1Cc1ccccc1Cl.